The smallest absolute Gasteiger partial charge is 0.318 e. The van der Waals surface area contributed by atoms with Gasteiger partial charge in [-0.2, -0.15) is 15.2 Å². The van der Waals surface area contributed by atoms with E-state index in [9.17, 15) is 9.65 Å². The standard InChI is InChI=1S/C32H43FN6O2/c1-20-7-4-5-12-40-18-27-29(14-25-24(20)8-9-28(35)26(25)16-34)36-31(37-30(27)39-21(2)13-22(39)3)41-19-32-10-6-11-38(32)17-23(33)15-32/h8-9,20-23H,4-7,10-15,17-19,35H2,1-3H3/t20-,21-,22+,23+,32-/m0/s1. The van der Waals surface area contributed by atoms with Crippen molar-refractivity contribution in [1.82, 2.24) is 14.9 Å². The zero-order valence-corrected chi connectivity index (χ0v) is 24.7. The largest absolute Gasteiger partial charge is 0.461 e. The highest BCUT2D eigenvalue weighted by Gasteiger charge is 2.49. The third kappa shape index (κ3) is 5.25. The lowest BCUT2D eigenvalue weighted by atomic mass is 9.86. The van der Waals surface area contributed by atoms with E-state index in [1.54, 1.807) is 0 Å². The average Bonchev–Trinajstić information content (AvgIpc) is 3.45. The van der Waals surface area contributed by atoms with Gasteiger partial charge in [-0.3, -0.25) is 4.90 Å². The molecule has 2 N–H and O–H groups in total. The van der Waals surface area contributed by atoms with Gasteiger partial charge in [-0.1, -0.05) is 19.4 Å². The SMILES string of the molecule is C[C@@H]1C[C@H](C)N1c1nc(OC[C@@]23CCCN2C[C@H](F)C3)nc2c1COCCCC[C@H](C)c1ccc(N)c(C#N)c1C2. The molecular formula is C32H43FN6O2. The molecule has 4 aliphatic heterocycles. The number of fused-ring (bicyclic) bond motifs is 3. The fraction of sp³-hybridized carbons (Fsp3) is 0.656. The molecule has 1 aromatic heterocycles. The van der Waals surface area contributed by atoms with Gasteiger partial charge in [-0.25, -0.2) is 4.39 Å². The summed E-state index contributed by atoms with van der Waals surface area (Å²) >= 11 is 0. The number of alkyl halides is 1. The second-order valence-corrected chi connectivity index (χ2v) is 12.8. The summed E-state index contributed by atoms with van der Waals surface area (Å²) in [6.45, 7) is 9.49. The van der Waals surface area contributed by atoms with E-state index < -0.39 is 6.17 Å². The molecule has 220 valence electrons. The molecule has 0 saturated carbocycles. The van der Waals surface area contributed by atoms with Gasteiger partial charge in [-0.05, 0) is 75.6 Å². The van der Waals surface area contributed by atoms with Crippen molar-refractivity contribution >= 4 is 11.5 Å². The Morgan fingerprint density at radius 2 is 2.00 bits per heavy atom. The Hall–Kier alpha value is -2.96. The summed E-state index contributed by atoms with van der Waals surface area (Å²) in [5.41, 5.74) is 10.9. The molecule has 2 aromatic rings. The van der Waals surface area contributed by atoms with E-state index in [-0.39, 0.29) is 11.5 Å². The third-order valence-electron chi connectivity index (χ3n) is 9.95. The number of halogens is 1. The molecule has 0 aliphatic carbocycles. The minimum absolute atomic E-state index is 0.275. The number of benzene rings is 1. The lowest BCUT2D eigenvalue weighted by molar-refractivity contribution is 0.105. The van der Waals surface area contributed by atoms with Gasteiger partial charge in [0.05, 0.1) is 23.4 Å². The van der Waals surface area contributed by atoms with Crippen LogP contribution in [0.1, 0.15) is 99.6 Å². The van der Waals surface area contributed by atoms with Crippen LogP contribution in [-0.4, -0.2) is 65.0 Å². The number of ether oxygens (including phenoxy) is 2. The Labute approximate surface area is 243 Å². The van der Waals surface area contributed by atoms with Gasteiger partial charge in [0, 0.05) is 49.3 Å². The molecular weight excluding hydrogens is 519 g/mol. The lowest BCUT2D eigenvalue weighted by Gasteiger charge is -2.47. The van der Waals surface area contributed by atoms with Gasteiger partial charge in [0.1, 0.15) is 24.7 Å². The van der Waals surface area contributed by atoms with Crippen LogP contribution in [0.4, 0.5) is 15.9 Å². The maximum absolute atomic E-state index is 14.5. The molecule has 8 nitrogen and oxygen atoms in total. The number of rotatable bonds is 4. The van der Waals surface area contributed by atoms with Crippen LogP contribution < -0.4 is 15.4 Å². The molecule has 5 heterocycles. The molecule has 1 aromatic carbocycles. The predicted molar refractivity (Wildman–Crippen MR) is 157 cm³/mol. The van der Waals surface area contributed by atoms with Crippen molar-refractivity contribution in [2.24, 2.45) is 0 Å². The highest BCUT2D eigenvalue weighted by Crippen LogP contribution is 2.41. The number of nitrogen functional groups attached to an aromatic ring is 1. The van der Waals surface area contributed by atoms with Crippen molar-refractivity contribution in [1.29, 1.82) is 5.26 Å². The second kappa shape index (κ2) is 11.4. The van der Waals surface area contributed by atoms with Crippen LogP contribution in [0.15, 0.2) is 12.1 Å². The monoisotopic (exact) mass is 562 g/mol. The van der Waals surface area contributed by atoms with Crippen LogP contribution in [0.5, 0.6) is 6.01 Å². The van der Waals surface area contributed by atoms with Crippen molar-refractivity contribution < 1.29 is 13.9 Å². The predicted octanol–water partition coefficient (Wildman–Crippen LogP) is 5.27. The topological polar surface area (TPSA) is 101 Å². The molecule has 4 aliphatic rings. The Morgan fingerprint density at radius 3 is 2.78 bits per heavy atom. The molecule has 0 amide bonds. The molecule has 0 radical (unpaired) electrons. The van der Waals surface area contributed by atoms with Gasteiger partial charge >= 0.3 is 6.01 Å². The molecule has 5 atom stereocenters. The van der Waals surface area contributed by atoms with Crippen LogP contribution in [-0.2, 0) is 17.8 Å². The fourth-order valence-corrected chi connectivity index (χ4v) is 7.77. The van der Waals surface area contributed by atoms with Gasteiger partial charge in [0.25, 0.3) is 0 Å². The van der Waals surface area contributed by atoms with Crippen molar-refractivity contribution in [2.75, 3.05) is 36.9 Å². The van der Waals surface area contributed by atoms with Crippen molar-refractivity contribution in [3.8, 4) is 12.1 Å². The Kier molecular flexibility index (Phi) is 7.82. The van der Waals surface area contributed by atoms with Crippen LogP contribution >= 0.6 is 0 Å². The highest BCUT2D eigenvalue weighted by molar-refractivity contribution is 5.63. The van der Waals surface area contributed by atoms with E-state index in [2.05, 4.69) is 42.7 Å². The van der Waals surface area contributed by atoms with Gasteiger partial charge in [0.2, 0.25) is 0 Å². The van der Waals surface area contributed by atoms with E-state index in [0.717, 1.165) is 73.3 Å². The molecule has 41 heavy (non-hydrogen) atoms. The van der Waals surface area contributed by atoms with E-state index in [0.29, 0.717) is 68.6 Å². The first-order chi connectivity index (χ1) is 19.8. The summed E-state index contributed by atoms with van der Waals surface area (Å²) in [7, 11) is 0. The highest BCUT2D eigenvalue weighted by atomic mass is 19.1. The molecule has 0 unspecified atom stereocenters. The number of nitrogens with zero attached hydrogens (tertiary/aromatic N) is 5. The Bertz CT molecular complexity index is 1320. The van der Waals surface area contributed by atoms with Crippen molar-refractivity contribution in [3.05, 3.63) is 40.1 Å². The normalized spacial score (nSPS) is 30.3. The number of nitrogens with two attached hydrogens (primary N) is 1. The summed E-state index contributed by atoms with van der Waals surface area (Å²) in [5, 5.41) is 10.2. The maximum Gasteiger partial charge on any atom is 0.318 e. The average molecular weight is 563 g/mol. The lowest BCUT2D eigenvalue weighted by Crippen LogP contribution is -2.54. The van der Waals surface area contributed by atoms with E-state index in [1.807, 2.05) is 6.07 Å². The summed E-state index contributed by atoms with van der Waals surface area (Å²) < 4.78 is 27.1. The quantitative estimate of drug-likeness (QED) is 0.503. The maximum atomic E-state index is 14.5. The molecule has 9 heteroatoms. The minimum Gasteiger partial charge on any atom is -0.461 e. The number of anilines is 2. The number of hydrogen-bond donors (Lipinski definition) is 1. The van der Waals surface area contributed by atoms with Gasteiger partial charge < -0.3 is 20.1 Å². The van der Waals surface area contributed by atoms with E-state index >= 15 is 0 Å². The zero-order chi connectivity index (χ0) is 28.7. The molecule has 3 fully saturated rings. The van der Waals surface area contributed by atoms with Crippen LogP contribution in [0.2, 0.25) is 0 Å². The third-order valence-corrected chi connectivity index (χ3v) is 9.95. The molecule has 0 bridgehead atoms. The van der Waals surface area contributed by atoms with Crippen LogP contribution in [0.3, 0.4) is 0 Å². The summed E-state index contributed by atoms with van der Waals surface area (Å²) in [6.07, 6.45) is 6.22. The molecule has 0 spiro atoms. The number of nitriles is 1. The summed E-state index contributed by atoms with van der Waals surface area (Å²) in [5.74, 6) is 1.12. The molecule has 6 rings (SSSR count). The van der Waals surface area contributed by atoms with Gasteiger partial charge in [0.15, 0.2) is 0 Å². The zero-order valence-electron chi connectivity index (χ0n) is 24.7. The second-order valence-electron chi connectivity index (χ2n) is 12.8. The van der Waals surface area contributed by atoms with Crippen molar-refractivity contribution in [3.63, 3.8) is 0 Å². The molecule has 3 saturated heterocycles. The van der Waals surface area contributed by atoms with Crippen LogP contribution in [0, 0.1) is 11.3 Å². The van der Waals surface area contributed by atoms with E-state index in [4.69, 9.17) is 25.2 Å². The summed E-state index contributed by atoms with van der Waals surface area (Å²) in [6, 6.07) is 7.31. The Balaban J connectivity index is 1.44. The Morgan fingerprint density at radius 1 is 1.17 bits per heavy atom. The van der Waals surface area contributed by atoms with E-state index in [1.165, 1.54) is 0 Å². The number of hydrogen-bond acceptors (Lipinski definition) is 8. The van der Waals surface area contributed by atoms with Crippen LogP contribution in [0.25, 0.3) is 0 Å². The fourth-order valence-electron chi connectivity index (χ4n) is 7.77. The van der Waals surface area contributed by atoms with Gasteiger partial charge in [-0.15, -0.1) is 0 Å². The first-order valence-electron chi connectivity index (χ1n) is 15.4. The van der Waals surface area contributed by atoms with Crippen molar-refractivity contribution in [2.45, 2.75) is 108 Å². The first-order valence-corrected chi connectivity index (χ1v) is 15.4. The first kappa shape index (κ1) is 28.2. The minimum atomic E-state index is -0.819. The summed E-state index contributed by atoms with van der Waals surface area (Å²) in [4.78, 5) is 14.6. The number of aromatic nitrogens is 2.